The van der Waals surface area contributed by atoms with Gasteiger partial charge in [-0.05, 0) is 31.2 Å². The van der Waals surface area contributed by atoms with Gasteiger partial charge in [0.1, 0.15) is 0 Å². The predicted molar refractivity (Wildman–Crippen MR) is 65.2 cm³/mol. The average Bonchev–Trinajstić information content (AvgIpc) is 2.22. The number of nitrogens with two attached hydrogens (primary N) is 1. The number of amides is 1. The largest absolute Gasteiger partial charge is 0.352 e. The third-order valence-corrected chi connectivity index (χ3v) is 2.66. The van der Waals surface area contributed by atoms with E-state index in [0.717, 1.165) is 10.9 Å². The third-order valence-electron chi connectivity index (χ3n) is 1.84. The van der Waals surface area contributed by atoms with Crippen molar-refractivity contribution in [2.24, 2.45) is 5.73 Å². The summed E-state index contributed by atoms with van der Waals surface area (Å²) in [6.45, 7) is 1.13. The molecule has 1 aromatic carbocycles. The fraction of sp³-hybridized carbons (Fsp3) is 0.300. The van der Waals surface area contributed by atoms with Crippen LogP contribution in [-0.2, 0) is 0 Å². The normalized spacial score (nSPS) is 10.1. The molecule has 0 fully saturated rings. The van der Waals surface area contributed by atoms with Gasteiger partial charge in [-0.15, -0.1) is 0 Å². The van der Waals surface area contributed by atoms with Gasteiger partial charge >= 0.3 is 0 Å². The monoisotopic (exact) mass is 290 g/mol. The summed E-state index contributed by atoms with van der Waals surface area (Å²) >= 11 is 9.19. The Morgan fingerprint density at radius 1 is 1.53 bits per heavy atom. The fourth-order valence-electron chi connectivity index (χ4n) is 1.07. The van der Waals surface area contributed by atoms with Crippen LogP contribution in [0.1, 0.15) is 16.8 Å². The van der Waals surface area contributed by atoms with Gasteiger partial charge in [0.05, 0.1) is 10.6 Å². The molecule has 0 spiro atoms. The van der Waals surface area contributed by atoms with Crippen LogP contribution < -0.4 is 11.1 Å². The molecule has 0 aliphatic heterocycles. The maximum absolute atomic E-state index is 11.6. The molecule has 1 rings (SSSR count). The van der Waals surface area contributed by atoms with Crippen LogP contribution in [-0.4, -0.2) is 19.0 Å². The van der Waals surface area contributed by atoms with E-state index >= 15 is 0 Å². The van der Waals surface area contributed by atoms with Gasteiger partial charge in [0.25, 0.3) is 5.91 Å². The quantitative estimate of drug-likeness (QED) is 0.836. The highest BCUT2D eigenvalue weighted by Gasteiger charge is 2.09. The molecule has 5 heteroatoms. The smallest absolute Gasteiger partial charge is 0.252 e. The molecule has 0 unspecified atom stereocenters. The SMILES string of the molecule is NCCCNC(=O)c1cc(Br)ccc1Cl. The third kappa shape index (κ3) is 3.81. The van der Waals surface area contributed by atoms with E-state index in [1.54, 1.807) is 18.2 Å². The second-order valence-corrected chi connectivity index (χ2v) is 4.35. The van der Waals surface area contributed by atoms with Crippen molar-refractivity contribution in [2.75, 3.05) is 13.1 Å². The Kier molecular flexibility index (Phi) is 5.08. The van der Waals surface area contributed by atoms with E-state index in [4.69, 9.17) is 17.3 Å². The molecule has 1 aromatic rings. The molecular weight excluding hydrogens is 279 g/mol. The van der Waals surface area contributed by atoms with Crippen molar-refractivity contribution in [1.29, 1.82) is 0 Å². The first kappa shape index (κ1) is 12.5. The van der Waals surface area contributed by atoms with Crippen LogP contribution in [0.4, 0.5) is 0 Å². The second kappa shape index (κ2) is 6.10. The number of rotatable bonds is 4. The number of carbonyl (C=O) groups is 1. The predicted octanol–water partition coefficient (Wildman–Crippen LogP) is 2.18. The minimum Gasteiger partial charge on any atom is -0.352 e. The summed E-state index contributed by atoms with van der Waals surface area (Å²) < 4.78 is 0.830. The summed E-state index contributed by atoms with van der Waals surface area (Å²) in [5, 5.41) is 3.19. The van der Waals surface area contributed by atoms with Gasteiger partial charge < -0.3 is 11.1 Å². The highest BCUT2D eigenvalue weighted by atomic mass is 79.9. The molecule has 1 amide bonds. The molecule has 0 atom stereocenters. The summed E-state index contributed by atoms with van der Waals surface area (Å²) in [6.07, 6.45) is 0.761. The van der Waals surface area contributed by atoms with Crippen LogP contribution in [0.3, 0.4) is 0 Å². The Labute approximate surface area is 102 Å². The minimum absolute atomic E-state index is 0.172. The first-order valence-electron chi connectivity index (χ1n) is 4.58. The van der Waals surface area contributed by atoms with E-state index in [0.29, 0.717) is 23.7 Å². The zero-order valence-electron chi connectivity index (χ0n) is 8.09. The molecule has 0 heterocycles. The van der Waals surface area contributed by atoms with Gasteiger partial charge in [-0.2, -0.15) is 0 Å². The Hall–Kier alpha value is -0.580. The number of hydrogen-bond acceptors (Lipinski definition) is 2. The van der Waals surface area contributed by atoms with Crippen molar-refractivity contribution in [2.45, 2.75) is 6.42 Å². The average molecular weight is 292 g/mol. The standard InChI is InChI=1S/C10H12BrClN2O/c11-7-2-3-9(12)8(6-7)10(15)14-5-1-4-13/h2-3,6H,1,4-5,13H2,(H,14,15). The van der Waals surface area contributed by atoms with E-state index < -0.39 is 0 Å². The van der Waals surface area contributed by atoms with Gasteiger partial charge in [-0.3, -0.25) is 4.79 Å². The van der Waals surface area contributed by atoms with E-state index in [-0.39, 0.29) is 5.91 Å². The minimum atomic E-state index is -0.172. The maximum Gasteiger partial charge on any atom is 0.252 e. The number of hydrogen-bond donors (Lipinski definition) is 2. The first-order valence-corrected chi connectivity index (χ1v) is 5.75. The summed E-state index contributed by atoms with van der Waals surface area (Å²) in [7, 11) is 0. The number of carbonyl (C=O) groups excluding carboxylic acids is 1. The Bertz CT molecular complexity index is 357. The van der Waals surface area contributed by atoms with Crippen LogP contribution in [0, 0.1) is 0 Å². The Morgan fingerprint density at radius 3 is 2.93 bits per heavy atom. The summed E-state index contributed by atoms with van der Waals surface area (Å²) in [6, 6.07) is 5.17. The molecule has 0 aromatic heterocycles. The van der Waals surface area contributed by atoms with E-state index in [9.17, 15) is 4.79 Å². The number of nitrogens with one attached hydrogen (secondary N) is 1. The molecular formula is C10H12BrClN2O. The van der Waals surface area contributed by atoms with Gasteiger partial charge in [-0.1, -0.05) is 27.5 Å². The van der Waals surface area contributed by atoms with E-state index in [1.807, 2.05) is 0 Å². The molecule has 0 aliphatic rings. The van der Waals surface area contributed by atoms with Gasteiger partial charge in [0.15, 0.2) is 0 Å². The second-order valence-electron chi connectivity index (χ2n) is 3.02. The molecule has 0 saturated carbocycles. The zero-order valence-corrected chi connectivity index (χ0v) is 10.4. The number of benzene rings is 1. The maximum atomic E-state index is 11.6. The fourth-order valence-corrected chi connectivity index (χ4v) is 1.64. The lowest BCUT2D eigenvalue weighted by molar-refractivity contribution is 0.0953. The van der Waals surface area contributed by atoms with Crippen LogP contribution in [0.5, 0.6) is 0 Å². The molecule has 0 saturated heterocycles. The molecule has 0 aliphatic carbocycles. The number of halogens is 2. The van der Waals surface area contributed by atoms with Crippen molar-refractivity contribution in [3.8, 4) is 0 Å². The highest BCUT2D eigenvalue weighted by molar-refractivity contribution is 9.10. The highest BCUT2D eigenvalue weighted by Crippen LogP contribution is 2.20. The van der Waals surface area contributed by atoms with Crippen molar-refractivity contribution in [3.63, 3.8) is 0 Å². The summed E-state index contributed by atoms with van der Waals surface area (Å²) in [5.74, 6) is -0.172. The van der Waals surface area contributed by atoms with Crippen molar-refractivity contribution < 1.29 is 4.79 Å². The van der Waals surface area contributed by atoms with Crippen LogP contribution in [0.25, 0.3) is 0 Å². The van der Waals surface area contributed by atoms with Crippen molar-refractivity contribution in [1.82, 2.24) is 5.32 Å². The molecule has 82 valence electrons. The molecule has 0 radical (unpaired) electrons. The topological polar surface area (TPSA) is 55.1 Å². The van der Waals surface area contributed by atoms with Gasteiger partial charge in [0.2, 0.25) is 0 Å². The lowest BCUT2D eigenvalue weighted by Crippen LogP contribution is -2.26. The summed E-state index contributed by atoms with van der Waals surface area (Å²) in [5.41, 5.74) is 5.80. The Morgan fingerprint density at radius 2 is 2.27 bits per heavy atom. The van der Waals surface area contributed by atoms with Crippen molar-refractivity contribution in [3.05, 3.63) is 33.3 Å². The lowest BCUT2D eigenvalue weighted by atomic mass is 10.2. The van der Waals surface area contributed by atoms with E-state index in [1.165, 1.54) is 0 Å². The molecule has 0 bridgehead atoms. The zero-order chi connectivity index (χ0) is 11.3. The van der Waals surface area contributed by atoms with Crippen LogP contribution in [0.2, 0.25) is 5.02 Å². The van der Waals surface area contributed by atoms with E-state index in [2.05, 4.69) is 21.2 Å². The lowest BCUT2D eigenvalue weighted by Gasteiger charge is -2.06. The molecule has 15 heavy (non-hydrogen) atoms. The van der Waals surface area contributed by atoms with Crippen LogP contribution >= 0.6 is 27.5 Å². The van der Waals surface area contributed by atoms with Crippen LogP contribution in [0.15, 0.2) is 22.7 Å². The molecule has 3 nitrogen and oxygen atoms in total. The molecule has 3 N–H and O–H groups in total. The Balaban J connectivity index is 2.68. The van der Waals surface area contributed by atoms with Gasteiger partial charge in [-0.25, -0.2) is 0 Å². The first-order chi connectivity index (χ1) is 7.15. The summed E-state index contributed by atoms with van der Waals surface area (Å²) in [4.78, 5) is 11.6. The van der Waals surface area contributed by atoms with Crippen molar-refractivity contribution >= 4 is 33.4 Å². The van der Waals surface area contributed by atoms with Gasteiger partial charge in [0, 0.05) is 11.0 Å².